The maximum absolute atomic E-state index is 12.3. The van der Waals surface area contributed by atoms with Crippen LogP contribution in [0.4, 0.5) is 5.69 Å². The number of fused-ring (bicyclic) bond motifs is 2. The molecular formula is C25H24N8O2. The number of carbonyl (C=O) groups excluding carboxylic acids is 1. The first-order valence-electron chi connectivity index (χ1n) is 11.6. The fourth-order valence-corrected chi connectivity index (χ4v) is 5.24. The number of carbonyl (C=O) groups is 1. The largest absolute Gasteiger partial charge is 0.389 e. The topological polar surface area (TPSA) is 125 Å². The van der Waals surface area contributed by atoms with Crippen LogP contribution in [0.1, 0.15) is 36.4 Å². The molecule has 1 amide bonds. The Bertz CT molecular complexity index is 1510. The third-order valence-electron chi connectivity index (χ3n) is 6.98. The van der Waals surface area contributed by atoms with Gasteiger partial charge in [0.05, 0.1) is 17.1 Å². The van der Waals surface area contributed by atoms with Gasteiger partial charge < -0.3 is 15.3 Å². The number of hydrogen-bond donors (Lipinski definition) is 2. The van der Waals surface area contributed by atoms with Gasteiger partial charge in [0.15, 0.2) is 11.5 Å². The van der Waals surface area contributed by atoms with Crippen molar-refractivity contribution in [3.8, 4) is 17.7 Å². The summed E-state index contributed by atoms with van der Waals surface area (Å²) in [6.45, 7) is 5.12. The van der Waals surface area contributed by atoms with Crippen LogP contribution in [0.15, 0.2) is 42.7 Å². The van der Waals surface area contributed by atoms with Gasteiger partial charge in [-0.1, -0.05) is 0 Å². The molecule has 0 spiro atoms. The number of nitriles is 1. The van der Waals surface area contributed by atoms with Gasteiger partial charge in [-0.15, -0.1) is 0 Å². The molecule has 5 heterocycles. The summed E-state index contributed by atoms with van der Waals surface area (Å²) in [6.07, 6.45) is 1.95. The number of nitrogens with zero attached hydrogens (tertiary/aromatic N) is 7. The zero-order valence-electron chi connectivity index (χ0n) is 19.4. The molecule has 4 aromatic rings. The van der Waals surface area contributed by atoms with Crippen molar-refractivity contribution in [2.24, 2.45) is 5.92 Å². The Kier molecular flexibility index (Phi) is 4.82. The van der Waals surface area contributed by atoms with Crippen LogP contribution in [-0.2, 0) is 4.79 Å². The predicted octanol–water partition coefficient (Wildman–Crippen LogP) is 2.16. The average molecular weight is 469 g/mol. The molecule has 0 saturated carbocycles. The first-order valence-corrected chi connectivity index (χ1v) is 11.6. The van der Waals surface area contributed by atoms with Crippen LogP contribution in [0.3, 0.4) is 0 Å². The number of aromatic nitrogens is 5. The molecule has 3 atom stereocenters. The lowest BCUT2D eigenvalue weighted by molar-refractivity contribution is -0.120. The second-order valence-electron chi connectivity index (χ2n) is 9.17. The molecule has 2 N–H and O–H groups in total. The van der Waals surface area contributed by atoms with E-state index in [1.54, 1.807) is 24.0 Å². The average Bonchev–Trinajstić information content (AvgIpc) is 3.62. The summed E-state index contributed by atoms with van der Waals surface area (Å²) in [5, 5.41) is 26.9. The van der Waals surface area contributed by atoms with Crippen LogP contribution in [0.5, 0.6) is 0 Å². The van der Waals surface area contributed by atoms with Crippen molar-refractivity contribution in [2.75, 3.05) is 18.0 Å². The number of anilines is 1. The molecule has 2 aliphatic rings. The minimum absolute atomic E-state index is 0.0986. The van der Waals surface area contributed by atoms with Gasteiger partial charge in [0.25, 0.3) is 0 Å². The highest BCUT2D eigenvalue weighted by atomic mass is 16.3. The Morgan fingerprint density at radius 1 is 1.26 bits per heavy atom. The summed E-state index contributed by atoms with van der Waals surface area (Å²) in [5.74, 6) is 1.54. The number of aliphatic hydroxyl groups is 1. The highest BCUT2D eigenvalue weighted by Crippen LogP contribution is 2.34. The van der Waals surface area contributed by atoms with Gasteiger partial charge in [0, 0.05) is 36.0 Å². The van der Waals surface area contributed by atoms with Crippen molar-refractivity contribution in [1.82, 2.24) is 29.6 Å². The van der Waals surface area contributed by atoms with E-state index in [1.165, 1.54) is 0 Å². The van der Waals surface area contributed by atoms with Crippen LogP contribution in [0.2, 0.25) is 0 Å². The van der Waals surface area contributed by atoms with Crippen LogP contribution in [0, 0.1) is 24.2 Å². The van der Waals surface area contributed by atoms with E-state index in [4.69, 9.17) is 4.98 Å². The summed E-state index contributed by atoms with van der Waals surface area (Å²) in [6, 6.07) is 13.3. The molecule has 1 aromatic carbocycles. The number of hydrogen-bond acceptors (Lipinski definition) is 7. The molecule has 35 heavy (non-hydrogen) atoms. The molecule has 3 aromatic heterocycles. The smallest absolute Gasteiger partial charge is 0.243 e. The minimum Gasteiger partial charge on any atom is -0.389 e. The number of imidazole rings is 1. The molecule has 1 unspecified atom stereocenters. The molecule has 176 valence electrons. The van der Waals surface area contributed by atoms with Gasteiger partial charge in [0.2, 0.25) is 5.91 Å². The van der Waals surface area contributed by atoms with E-state index < -0.39 is 6.10 Å². The lowest BCUT2D eigenvalue weighted by Gasteiger charge is -2.24. The zero-order valence-corrected chi connectivity index (χ0v) is 19.4. The number of pyridine rings is 1. The molecule has 0 aliphatic carbocycles. The van der Waals surface area contributed by atoms with Gasteiger partial charge in [0.1, 0.15) is 24.3 Å². The molecule has 2 aliphatic heterocycles. The van der Waals surface area contributed by atoms with Crippen molar-refractivity contribution < 1.29 is 9.90 Å². The second kappa shape index (κ2) is 7.92. The molecule has 0 bridgehead atoms. The molecular weight excluding hydrogens is 444 g/mol. The first-order chi connectivity index (χ1) is 16.9. The lowest BCUT2D eigenvalue weighted by Crippen LogP contribution is -2.38. The van der Waals surface area contributed by atoms with E-state index in [0.29, 0.717) is 23.1 Å². The van der Waals surface area contributed by atoms with Crippen LogP contribution >= 0.6 is 0 Å². The third kappa shape index (κ3) is 3.35. The van der Waals surface area contributed by atoms with Crippen LogP contribution < -0.4 is 10.2 Å². The molecule has 2 saturated heterocycles. The number of amides is 1. The van der Waals surface area contributed by atoms with E-state index in [-0.39, 0.29) is 17.6 Å². The third-order valence-corrected chi connectivity index (χ3v) is 6.98. The molecule has 2 fully saturated rings. The number of aliphatic hydroxyl groups excluding tert-OH is 1. The quantitative estimate of drug-likeness (QED) is 0.470. The molecule has 0 radical (unpaired) electrons. The lowest BCUT2D eigenvalue weighted by atomic mass is 10.0. The second-order valence-corrected chi connectivity index (χ2v) is 9.17. The number of benzene rings is 1. The van der Waals surface area contributed by atoms with E-state index in [0.717, 1.165) is 41.9 Å². The van der Waals surface area contributed by atoms with Crippen LogP contribution in [-0.4, -0.2) is 54.5 Å². The Hall–Kier alpha value is -4.23. The van der Waals surface area contributed by atoms with Gasteiger partial charge in [-0.2, -0.15) is 10.4 Å². The zero-order chi connectivity index (χ0) is 24.3. The fraction of sp³-hybridized carbons (Fsp3) is 0.320. The van der Waals surface area contributed by atoms with Crippen molar-refractivity contribution in [3.63, 3.8) is 0 Å². The standard InChI is InChI=1S/C25H24N8O2/c1-14-9-17(11-26)30-33(14)24-19(15(2)34)4-6-22(29-24)32-13-28-20-10-18(3-5-21(20)32)31-8-7-16-12-27-25(35)23(16)31/h3-6,9-10,13,15-16,23,34H,7-8,12H2,1-2H3,(H,27,35)/t15?,16-,23-/m0/s1. The van der Waals surface area contributed by atoms with Gasteiger partial charge in [-0.05, 0) is 56.7 Å². The Morgan fingerprint density at radius 2 is 2.11 bits per heavy atom. The van der Waals surface area contributed by atoms with Crippen molar-refractivity contribution in [3.05, 3.63) is 59.7 Å². The number of aryl methyl sites for hydroxylation is 1. The minimum atomic E-state index is -0.764. The highest BCUT2D eigenvalue weighted by molar-refractivity contribution is 5.90. The normalized spacial score (nSPS) is 20.2. The summed E-state index contributed by atoms with van der Waals surface area (Å²) in [4.78, 5) is 23.9. The monoisotopic (exact) mass is 468 g/mol. The van der Waals surface area contributed by atoms with E-state index in [9.17, 15) is 15.2 Å². The Morgan fingerprint density at radius 3 is 2.89 bits per heavy atom. The Balaban J connectivity index is 1.41. The molecule has 6 rings (SSSR count). The van der Waals surface area contributed by atoms with Gasteiger partial charge in [-0.25, -0.2) is 14.6 Å². The van der Waals surface area contributed by atoms with Crippen molar-refractivity contribution in [2.45, 2.75) is 32.4 Å². The van der Waals surface area contributed by atoms with E-state index in [1.807, 2.05) is 41.8 Å². The van der Waals surface area contributed by atoms with Crippen molar-refractivity contribution in [1.29, 1.82) is 5.26 Å². The summed E-state index contributed by atoms with van der Waals surface area (Å²) < 4.78 is 3.46. The maximum atomic E-state index is 12.3. The summed E-state index contributed by atoms with van der Waals surface area (Å²) >= 11 is 0. The maximum Gasteiger partial charge on any atom is 0.243 e. The first kappa shape index (κ1) is 21.3. The van der Waals surface area contributed by atoms with E-state index in [2.05, 4.69) is 26.4 Å². The Labute approximate surface area is 201 Å². The van der Waals surface area contributed by atoms with Crippen molar-refractivity contribution >= 4 is 22.6 Å². The summed E-state index contributed by atoms with van der Waals surface area (Å²) in [5.41, 5.74) is 4.30. The number of nitrogens with one attached hydrogen (secondary N) is 1. The predicted molar refractivity (Wildman–Crippen MR) is 128 cm³/mol. The van der Waals surface area contributed by atoms with Gasteiger partial charge >= 0.3 is 0 Å². The highest BCUT2D eigenvalue weighted by Gasteiger charge is 2.43. The summed E-state index contributed by atoms with van der Waals surface area (Å²) in [7, 11) is 0. The molecule has 10 nitrogen and oxygen atoms in total. The fourth-order valence-electron chi connectivity index (χ4n) is 5.24. The van der Waals surface area contributed by atoms with E-state index >= 15 is 0 Å². The van der Waals surface area contributed by atoms with Crippen LogP contribution in [0.25, 0.3) is 22.7 Å². The SMILES string of the molecule is Cc1cc(C#N)nn1-c1nc(-n2cnc3cc(N4CC[C@H]5CNC(=O)[C@H]54)ccc32)ccc1C(C)O. The van der Waals surface area contributed by atoms with Gasteiger partial charge in [-0.3, -0.25) is 9.36 Å². The molecule has 10 heteroatoms. The number of rotatable bonds is 4.